The van der Waals surface area contributed by atoms with E-state index in [1.165, 1.54) is 38.6 Å². The van der Waals surface area contributed by atoms with E-state index in [-0.39, 0.29) is 5.91 Å². The third-order valence-corrected chi connectivity index (χ3v) is 3.82. The van der Waals surface area contributed by atoms with Crippen LogP contribution in [0.5, 0.6) is 0 Å². The third kappa shape index (κ3) is 9.35. The lowest BCUT2D eigenvalue weighted by atomic mass is 10.0. The number of hydrogen-bond donors (Lipinski definition) is 0. The van der Waals surface area contributed by atoms with Crippen molar-refractivity contribution in [3.05, 3.63) is 0 Å². The monoisotopic (exact) mass is 284 g/mol. The highest BCUT2D eigenvalue weighted by Gasteiger charge is 2.17. The number of amides is 1. The van der Waals surface area contributed by atoms with Gasteiger partial charge in [0.2, 0.25) is 5.91 Å². The van der Waals surface area contributed by atoms with E-state index in [0.29, 0.717) is 0 Å². The Morgan fingerprint density at radius 2 is 1.50 bits per heavy atom. The van der Waals surface area contributed by atoms with Crippen molar-refractivity contribution in [2.45, 2.75) is 66.7 Å². The molecule has 0 N–H and O–H groups in total. The zero-order chi connectivity index (χ0) is 15.4. The molecule has 1 amide bonds. The second-order valence-corrected chi connectivity index (χ2v) is 5.94. The van der Waals surface area contributed by atoms with Crippen molar-refractivity contribution in [1.29, 1.82) is 0 Å². The molecule has 3 heteroatoms. The molecule has 0 radical (unpaired) electrons. The van der Waals surface area contributed by atoms with Gasteiger partial charge < -0.3 is 4.90 Å². The fourth-order valence-corrected chi connectivity index (χ4v) is 2.53. The minimum Gasteiger partial charge on any atom is -0.340 e. The number of unbranched alkanes of at least 4 members (excludes halogenated alkanes) is 3. The maximum absolute atomic E-state index is 11.2. The molecule has 0 aromatic heterocycles. The van der Waals surface area contributed by atoms with Gasteiger partial charge >= 0.3 is 0 Å². The first kappa shape index (κ1) is 19.4. The lowest BCUT2D eigenvalue weighted by Crippen LogP contribution is -2.48. The van der Waals surface area contributed by atoms with Gasteiger partial charge in [-0.05, 0) is 18.9 Å². The van der Waals surface area contributed by atoms with Crippen LogP contribution in [0.1, 0.15) is 66.7 Å². The standard InChI is InChI=1S/C15H30N2O.C2H6/c1-14(2)8-6-4-5-7-9-16-10-12-17(13-11-16)15(3)18;1-2/h14H,4-13H2,1-3H3;1-2H3. The van der Waals surface area contributed by atoms with Crippen LogP contribution in [0.25, 0.3) is 0 Å². The normalized spacial score (nSPS) is 16.0. The molecule has 1 aliphatic rings. The average molecular weight is 284 g/mol. The molecule has 1 saturated heterocycles. The van der Waals surface area contributed by atoms with Crippen molar-refractivity contribution in [3.8, 4) is 0 Å². The number of rotatable bonds is 7. The first-order valence-electron chi connectivity index (χ1n) is 8.57. The van der Waals surface area contributed by atoms with Crippen molar-refractivity contribution in [2.75, 3.05) is 32.7 Å². The molecule has 0 atom stereocenters. The van der Waals surface area contributed by atoms with Gasteiger partial charge in [-0.3, -0.25) is 9.69 Å². The first-order chi connectivity index (χ1) is 9.59. The molecule has 1 fully saturated rings. The van der Waals surface area contributed by atoms with E-state index in [4.69, 9.17) is 0 Å². The lowest BCUT2D eigenvalue weighted by Gasteiger charge is -2.34. The molecule has 0 saturated carbocycles. The average Bonchev–Trinajstić information content (AvgIpc) is 2.45. The first-order valence-corrected chi connectivity index (χ1v) is 8.57. The van der Waals surface area contributed by atoms with Crippen LogP contribution < -0.4 is 0 Å². The Labute approximate surface area is 126 Å². The van der Waals surface area contributed by atoms with E-state index < -0.39 is 0 Å². The molecule has 0 bridgehead atoms. The summed E-state index contributed by atoms with van der Waals surface area (Å²) in [5, 5.41) is 0. The predicted molar refractivity (Wildman–Crippen MR) is 88.0 cm³/mol. The van der Waals surface area contributed by atoms with Gasteiger partial charge in [-0.25, -0.2) is 0 Å². The molecular weight excluding hydrogens is 248 g/mol. The predicted octanol–water partition coefficient (Wildman–Crippen LogP) is 3.78. The topological polar surface area (TPSA) is 23.6 Å². The van der Waals surface area contributed by atoms with E-state index in [1.54, 1.807) is 6.92 Å². The number of carbonyl (C=O) groups is 1. The van der Waals surface area contributed by atoms with Crippen molar-refractivity contribution in [2.24, 2.45) is 5.92 Å². The van der Waals surface area contributed by atoms with Crippen molar-refractivity contribution in [1.82, 2.24) is 9.80 Å². The third-order valence-electron chi connectivity index (χ3n) is 3.82. The highest BCUT2D eigenvalue weighted by Crippen LogP contribution is 2.10. The summed E-state index contributed by atoms with van der Waals surface area (Å²) in [5.74, 6) is 1.08. The molecule has 1 aliphatic heterocycles. The van der Waals surface area contributed by atoms with Crippen LogP contribution in [0.3, 0.4) is 0 Å². The summed E-state index contributed by atoms with van der Waals surface area (Å²) in [4.78, 5) is 15.7. The molecule has 0 aromatic carbocycles. The van der Waals surface area contributed by atoms with Crippen LogP contribution in [-0.2, 0) is 4.79 Å². The minimum absolute atomic E-state index is 0.225. The zero-order valence-electron chi connectivity index (χ0n) is 14.5. The molecule has 0 spiro atoms. The quantitative estimate of drug-likeness (QED) is 0.664. The fourth-order valence-electron chi connectivity index (χ4n) is 2.53. The smallest absolute Gasteiger partial charge is 0.219 e. The van der Waals surface area contributed by atoms with Crippen LogP contribution in [0.4, 0.5) is 0 Å². The van der Waals surface area contributed by atoms with E-state index in [1.807, 2.05) is 18.7 Å². The van der Waals surface area contributed by atoms with Gasteiger partial charge in [0.15, 0.2) is 0 Å². The van der Waals surface area contributed by atoms with E-state index in [9.17, 15) is 4.79 Å². The van der Waals surface area contributed by atoms with Gasteiger partial charge in [0, 0.05) is 33.1 Å². The maximum Gasteiger partial charge on any atom is 0.219 e. The Morgan fingerprint density at radius 1 is 0.950 bits per heavy atom. The molecule has 0 aromatic rings. The fraction of sp³-hybridized carbons (Fsp3) is 0.941. The van der Waals surface area contributed by atoms with E-state index >= 15 is 0 Å². The van der Waals surface area contributed by atoms with Crippen LogP contribution >= 0.6 is 0 Å². The van der Waals surface area contributed by atoms with Gasteiger partial charge in [-0.15, -0.1) is 0 Å². The highest BCUT2D eigenvalue weighted by molar-refractivity contribution is 5.73. The van der Waals surface area contributed by atoms with Crippen LogP contribution in [0.15, 0.2) is 0 Å². The maximum atomic E-state index is 11.2. The van der Waals surface area contributed by atoms with Gasteiger partial charge in [-0.1, -0.05) is 53.4 Å². The summed E-state index contributed by atoms with van der Waals surface area (Å²) in [6.45, 7) is 15.4. The van der Waals surface area contributed by atoms with Crippen LogP contribution in [-0.4, -0.2) is 48.4 Å². The van der Waals surface area contributed by atoms with Gasteiger partial charge in [0.25, 0.3) is 0 Å². The number of nitrogens with zero attached hydrogens (tertiary/aromatic N) is 2. The van der Waals surface area contributed by atoms with Crippen molar-refractivity contribution in [3.63, 3.8) is 0 Å². The molecule has 3 nitrogen and oxygen atoms in total. The summed E-state index contributed by atoms with van der Waals surface area (Å²) in [6.07, 6.45) is 6.82. The Balaban J connectivity index is 0.00000172. The molecule has 0 unspecified atom stereocenters. The Kier molecular flexibility index (Phi) is 11.8. The molecule has 1 heterocycles. The van der Waals surface area contributed by atoms with Crippen LogP contribution in [0, 0.1) is 5.92 Å². The summed E-state index contributed by atoms with van der Waals surface area (Å²) >= 11 is 0. The Bertz CT molecular complexity index is 233. The van der Waals surface area contributed by atoms with E-state index in [2.05, 4.69) is 18.7 Å². The highest BCUT2D eigenvalue weighted by atomic mass is 16.2. The lowest BCUT2D eigenvalue weighted by molar-refractivity contribution is -0.130. The largest absolute Gasteiger partial charge is 0.340 e. The summed E-state index contributed by atoms with van der Waals surface area (Å²) in [6, 6.07) is 0. The second-order valence-electron chi connectivity index (χ2n) is 5.94. The van der Waals surface area contributed by atoms with E-state index in [0.717, 1.165) is 32.1 Å². The second kappa shape index (κ2) is 12.2. The van der Waals surface area contributed by atoms with Crippen molar-refractivity contribution < 1.29 is 4.79 Å². The summed E-state index contributed by atoms with van der Waals surface area (Å²) in [5.41, 5.74) is 0. The zero-order valence-corrected chi connectivity index (χ0v) is 14.5. The molecule has 0 aliphatic carbocycles. The molecule has 1 rings (SSSR count). The molecular formula is C17H36N2O. The Hall–Kier alpha value is -0.570. The number of carbonyl (C=O) groups excluding carboxylic acids is 1. The number of hydrogen-bond acceptors (Lipinski definition) is 2. The van der Waals surface area contributed by atoms with Gasteiger partial charge in [-0.2, -0.15) is 0 Å². The van der Waals surface area contributed by atoms with Crippen molar-refractivity contribution >= 4 is 5.91 Å². The van der Waals surface area contributed by atoms with Gasteiger partial charge in [0.1, 0.15) is 0 Å². The van der Waals surface area contributed by atoms with Gasteiger partial charge in [0.05, 0.1) is 0 Å². The Morgan fingerprint density at radius 3 is 2.00 bits per heavy atom. The minimum atomic E-state index is 0.225. The SMILES string of the molecule is CC.CC(=O)N1CCN(CCCCCCC(C)C)CC1. The summed E-state index contributed by atoms with van der Waals surface area (Å²) < 4.78 is 0. The number of piperazine rings is 1. The summed E-state index contributed by atoms with van der Waals surface area (Å²) in [7, 11) is 0. The van der Waals surface area contributed by atoms with Crippen LogP contribution in [0.2, 0.25) is 0 Å². The molecule has 120 valence electrons. The molecule has 20 heavy (non-hydrogen) atoms.